The van der Waals surface area contributed by atoms with Crippen molar-refractivity contribution in [1.29, 1.82) is 0 Å². The maximum Gasteiger partial charge on any atom is 0.200 e. The highest BCUT2D eigenvalue weighted by Gasteiger charge is 2.31. The Kier molecular flexibility index (Phi) is 9.71. The van der Waals surface area contributed by atoms with Gasteiger partial charge in [-0.25, -0.2) is 0 Å². The lowest BCUT2D eigenvalue weighted by Crippen LogP contribution is -2.32. The van der Waals surface area contributed by atoms with Crippen LogP contribution in [0.15, 0.2) is 42.5 Å². The third kappa shape index (κ3) is 7.83. The predicted octanol–water partition coefficient (Wildman–Crippen LogP) is 8.72. The van der Waals surface area contributed by atoms with Crippen LogP contribution < -0.4 is 4.74 Å². The summed E-state index contributed by atoms with van der Waals surface area (Å²) in [5.74, 6) is 1.77. The molecule has 31 heavy (non-hydrogen) atoms. The first-order valence-electron chi connectivity index (χ1n) is 12.8. The molecule has 0 aliphatic heterocycles. The van der Waals surface area contributed by atoms with Crippen LogP contribution in [-0.4, -0.2) is 12.9 Å². The summed E-state index contributed by atoms with van der Waals surface area (Å²) in [4.78, 5) is 0. The Labute approximate surface area is 191 Å². The van der Waals surface area contributed by atoms with Crippen LogP contribution >= 0.6 is 0 Å². The van der Waals surface area contributed by atoms with Gasteiger partial charge >= 0.3 is 0 Å². The van der Waals surface area contributed by atoms with Crippen LogP contribution in [0.4, 0.5) is 0 Å². The summed E-state index contributed by atoms with van der Waals surface area (Å²) in [5, 5.41) is 0. The summed E-state index contributed by atoms with van der Waals surface area (Å²) >= 11 is 0. The van der Waals surface area contributed by atoms with Crippen LogP contribution in [-0.2, 0) is 4.74 Å². The van der Waals surface area contributed by atoms with E-state index < -0.39 is 0 Å². The minimum absolute atomic E-state index is 0.144. The molecule has 1 aromatic carbocycles. The third-order valence-electron chi connectivity index (χ3n) is 7.39. The molecule has 0 radical (unpaired) electrons. The van der Waals surface area contributed by atoms with E-state index in [0.29, 0.717) is 5.41 Å². The summed E-state index contributed by atoms with van der Waals surface area (Å²) in [6.07, 6.45) is 22.1. The van der Waals surface area contributed by atoms with Gasteiger partial charge in [0.1, 0.15) is 5.75 Å². The Morgan fingerprint density at radius 2 is 1.68 bits per heavy atom. The number of rotatable bonds is 10. The van der Waals surface area contributed by atoms with Crippen molar-refractivity contribution < 1.29 is 9.47 Å². The Hall–Kier alpha value is -1.54. The molecule has 2 nitrogen and oxygen atoms in total. The van der Waals surface area contributed by atoms with E-state index in [1.165, 1.54) is 81.8 Å². The van der Waals surface area contributed by atoms with Crippen molar-refractivity contribution in [2.24, 2.45) is 11.3 Å². The van der Waals surface area contributed by atoms with Gasteiger partial charge in [-0.05, 0) is 67.7 Å². The average Bonchev–Trinajstić information content (AvgIpc) is 2.79. The van der Waals surface area contributed by atoms with E-state index in [1.807, 2.05) is 0 Å². The standard InChI is InChI=1S/C29H44O2/c1-4-12-25(5-2)26-15-17-27(18-16-26)31-28(23-29(3)20-10-7-11-21-29)30-22-19-24-13-8-6-9-14-24/h4-5,12,15-18,24,28H,6-11,13-14,19-23H2,1-3H3/b12-4-,25-5?. The van der Waals surface area contributed by atoms with Crippen molar-refractivity contribution in [3.63, 3.8) is 0 Å². The molecular weight excluding hydrogens is 380 g/mol. The molecule has 0 spiro atoms. The fraction of sp³-hybridized carbons (Fsp3) is 0.655. The van der Waals surface area contributed by atoms with Gasteiger partial charge in [-0.15, -0.1) is 0 Å². The molecule has 172 valence electrons. The van der Waals surface area contributed by atoms with Crippen LogP contribution in [0.2, 0.25) is 0 Å². The molecule has 0 amide bonds. The molecule has 0 N–H and O–H groups in total. The monoisotopic (exact) mass is 424 g/mol. The highest BCUT2D eigenvalue weighted by atomic mass is 16.7. The SMILES string of the molecule is CC=C(/C=C\C)c1ccc(OC(CC2(C)CCCCC2)OCCC2CCCCC2)cc1. The van der Waals surface area contributed by atoms with Crippen LogP contribution in [0.5, 0.6) is 5.75 Å². The average molecular weight is 425 g/mol. The molecule has 2 heteroatoms. The smallest absolute Gasteiger partial charge is 0.200 e. The van der Waals surface area contributed by atoms with Crippen molar-refractivity contribution in [2.45, 2.75) is 104 Å². The largest absolute Gasteiger partial charge is 0.465 e. The van der Waals surface area contributed by atoms with Gasteiger partial charge in [0.15, 0.2) is 6.29 Å². The Balaban J connectivity index is 1.61. The van der Waals surface area contributed by atoms with E-state index in [1.54, 1.807) is 0 Å². The molecule has 1 atom stereocenters. The van der Waals surface area contributed by atoms with Gasteiger partial charge in [-0.2, -0.15) is 0 Å². The zero-order valence-electron chi connectivity index (χ0n) is 20.2. The van der Waals surface area contributed by atoms with E-state index in [0.717, 1.165) is 24.7 Å². The topological polar surface area (TPSA) is 18.5 Å². The minimum atomic E-state index is -0.144. The second kappa shape index (κ2) is 12.5. The van der Waals surface area contributed by atoms with Gasteiger partial charge in [0.05, 0.1) is 6.61 Å². The predicted molar refractivity (Wildman–Crippen MR) is 132 cm³/mol. The van der Waals surface area contributed by atoms with Gasteiger partial charge < -0.3 is 9.47 Å². The summed E-state index contributed by atoms with van der Waals surface area (Å²) in [6.45, 7) is 7.40. The highest BCUT2D eigenvalue weighted by molar-refractivity contribution is 5.73. The molecule has 2 aliphatic rings. The first-order chi connectivity index (χ1) is 15.1. The number of benzene rings is 1. The van der Waals surface area contributed by atoms with Crippen molar-refractivity contribution >= 4 is 5.57 Å². The third-order valence-corrected chi connectivity index (χ3v) is 7.39. The maximum absolute atomic E-state index is 6.44. The van der Waals surface area contributed by atoms with Gasteiger partial charge in [0, 0.05) is 6.42 Å². The van der Waals surface area contributed by atoms with Crippen LogP contribution in [0.1, 0.15) is 103 Å². The molecule has 0 saturated heterocycles. The molecule has 2 aliphatic carbocycles. The molecule has 1 aromatic rings. The van der Waals surface area contributed by atoms with E-state index >= 15 is 0 Å². The highest BCUT2D eigenvalue weighted by Crippen LogP contribution is 2.40. The van der Waals surface area contributed by atoms with Gasteiger partial charge in [0.25, 0.3) is 0 Å². The van der Waals surface area contributed by atoms with Crippen molar-refractivity contribution in [2.75, 3.05) is 6.61 Å². The van der Waals surface area contributed by atoms with Gasteiger partial charge in [-0.1, -0.05) is 88.7 Å². The zero-order valence-corrected chi connectivity index (χ0v) is 20.2. The molecule has 2 fully saturated rings. The first kappa shape index (κ1) is 24.1. The number of allylic oxidation sites excluding steroid dienone is 4. The molecule has 3 rings (SSSR count). The molecular formula is C29H44O2. The number of hydrogen-bond acceptors (Lipinski definition) is 2. The van der Waals surface area contributed by atoms with Crippen molar-refractivity contribution in [3.8, 4) is 5.75 Å². The molecule has 0 heterocycles. The maximum atomic E-state index is 6.44. The minimum Gasteiger partial charge on any atom is -0.465 e. The Bertz CT molecular complexity index is 688. The van der Waals surface area contributed by atoms with Crippen LogP contribution in [0, 0.1) is 11.3 Å². The second-order valence-corrected chi connectivity index (χ2v) is 10.1. The zero-order chi connectivity index (χ0) is 21.9. The van der Waals surface area contributed by atoms with E-state index in [9.17, 15) is 0 Å². The fourth-order valence-corrected chi connectivity index (χ4v) is 5.40. The lowest BCUT2D eigenvalue weighted by Gasteiger charge is -2.36. The lowest BCUT2D eigenvalue weighted by atomic mass is 9.73. The first-order valence-corrected chi connectivity index (χ1v) is 12.8. The lowest BCUT2D eigenvalue weighted by molar-refractivity contribution is -0.111. The normalized spacial score (nSPS) is 21.3. The van der Waals surface area contributed by atoms with Crippen LogP contribution in [0.25, 0.3) is 5.57 Å². The summed E-state index contributed by atoms with van der Waals surface area (Å²) in [7, 11) is 0. The van der Waals surface area contributed by atoms with E-state index in [2.05, 4.69) is 63.3 Å². The summed E-state index contributed by atoms with van der Waals surface area (Å²) in [5.41, 5.74) is 2.81. The molecule has 2 saturated carbocycles. The van der Waals surface area contributed by atoms with E-state index in [4.69, 9.17) is 9.47 Å². The Morgan fingerprint density at radius 1 is 1.00 bits per heavy atom. The molecule has 0 bridgehead atoms. The summed E-state index contributed by atoms with van der Waals surface area (Å²) in [6, 6.07) is 8.52. The van der Waals surface area contributed by atoms with Gasteiger partial charge in [0.2, 0.25) is 0 Å². The van der Waals surface area contributed by atoms with Crippen LogP contribution in [0.3, 0.4) is 0 Å². The Morgan fingerprint density at radius 3 is 2.32 bits per heavy atom. The second-order valence-electron chi connectivity index (χ2n) is 10.1. The van der Waals surface area contributed by atoms with E-state index in [-0.39, 0.29) is 6.29 Å². The molecule has 1 unspecified atom stereocenters. The van der Waals surface area contributed by atoms with Crippen molar-refractivity contribution in [1.82, 2.24) is 0 Å². The number of ether oxygens (including phenoxy) is 2. The van der Waals surface area contributed by atoms with Gasteiger partial charge in [-0.3, -0.25) is 0 Å². The number of hydrogen-bond donors (Lipinski definition) is 0. The van der Waals surface area contributed by atoms with Crippen molar-refractivity contribution in [3.05, 3.63) is 48.1 Å². The quantitative estimate of drug-likeness (QED) is 0.276. The fourth-order valence-electron chi connectivity index (χ4n) is 5.40. The summed E-state index contributed by atoms with van der Waals surface area (Å²) < 4.78 is 12.8. The molecule has 0 aromatic heterocycles.